The van der Waals surface area contributed by atoms with Crippen molar-refractivity contribution in [3.63, 3.8) is 0 Å². The average molecular weight is 237 g/mol. The van der Waals surface area contributed by atoms with Crippen LogP contribution >= 0.6 is 11.6 Å². The SMILES string of the molecule is C[C@@H](O)CNc1ccc(Cl)c2cccnc12. The zero-order valence-electron chi connectivity index (χ0n) is 8.94. The topological polar surface area (TPSA) is 45.1 Å². The lowest BCUT2D eigenvalue weighted by Crippen LogP contribution is -2.15. The summed E-state index contributed by atoms with van der Waals surface area (Å²) in [6, 6.07) is 7.49. The van der Waals surface area contributed by atoms with Crippen molar-refractivity contribution in [1.82, 2.24) is 4.98 Å². The molecular formula is C12H13ClN2O. The van der Waals surface area contributed by atoms with Gasteiger partial charge in [-0.15, -0.1) is 0 Å². The number of hydrogen-bond donors (Lipinski definition) is 2. The molecule has 1 aromatic heterocycles. The van der Waals surface area contributed by atoms with Gasteiger partial charge in [0.1, 0.15) is 0 Å². The van der Waals surface area contributed by atoms with E-state index in [1.807, 2.05) is 24.3 Å². The largest absolute Gasteiger partial charge is 0.392 e. The zero-order chi connectivity index (χ0) is 11.5. The number of aromatic nitrogens is 1. The molecule has 0 saturated heterocycles. The summed E-state index contributed by atoms with van der Waals surface area (Å²) in [6.07, 6.45) is 1.33. The number of nitrogens with zero attached hydrogens (tertiary/aromatic N) is 1. The Hall–Kier alpha value is -1.32. The highest BCUT2D eigenvalue weighted by Gasteiger charge is 2.05. The zero-order valence-corrected chi connectivity index (χ0v) is 9.70. The highest BCUT2D eigenvalue weighted by Crippen LogP contribution is 2.27. The first kappa shape index (κ1) is 11.2. The molecule has 84 valence electrons. The molecule has 1 atom stereocenters. The van der Waals surface area contributed by atoms with E-state index in [9.17, 15) is 5.11 Å². The molecule has 0 amide bonds. The van der Waals surface area contributed by atoms with E-state index in [4.69, 9.17) is 11.6 Å². The van der Waals surface area contributed by atoms with Crippen LogP contribution in [0.1, 0.15) is 6.92 Å². The summed E-state index contributed by atoms with van der Waals surface area (Å²) >= 11 is 6.07. The van der Waals surface area contributed by atoms with Crippen molar-refractivity contribution in [3.05, 3.63) is 35.5 Å². The Labute approximate surface area is 99.1 Å². The fourth-order valence-corrected chi connectivity index (χ4v) is 1.75. The van der Waals surface area contributed by atoms with Crippen LogP contribution in [0.4, 0.5) is 5.69 Å². The van der Waals surface area contributed by atoms with E-state index in [-0.39, 0.29) is 0 Å². The van der Waals surface area contributed by atoms with Crippen LogP contribution in [-0.2, 0) is 0 Å². The quantitative estimate of drug-likeness (QED) is 0.861. The molecule has 0 fully saturated rings. The number of aliphatic hydroxyl groups is 1. The summed E-state index contributed by atoms with van der Waals surface area (Å²) < 4.78 is 0. The molecule has 2 aromatic rings. The Morgan fingerprint density at radius 1 is 1.44 bits per heavy atom. The molecule has 1 aromatic carbocycles. The third kappa shape index (κ3) is 2.26. The smallest absolute Gasteiger partial charge is 0.0948 e. The van der Waals surface area contributed by atoms with Gasteiger partial charge in [0.05, 0.1) is 22.3 Å². The van der Waals surface area contributed by atoms with Crippen molar-refractivity contribution in [2.24, 2.45) is 0 Å². The second-order valence-electron chi connectivity index (χ2n) is 3.72. The first-order valence-corrected chi connectivity index (χ1v) is 5.51. The molecule has 0 aliphatic rings. The van der Waals surface area contributed by atoms with Gasteiger partial charge in [-0.2, -0.15) is 0 Å². The molecule has 2 rings (SSSR count). The lowest BCUT2D eigenvalue weighted by molar-refractivity contribution is 0.208. The summed E-state index contributed by atoms with van der Waals surface area (Å²) in [5.41, 5.74) is 1.72. The number of halogens is 1. The summed E-state index contributed by atoms with van der Waals surface area (Å²) in [6.45, 7) is 2.23. The molecule has 0 radical (unpaired) electrons. The monoisotopic (exact) mass is 236 g/mol. The molecule has 0 saturated carbocycles. The van der Waals surface area contributed by atoms with Crippen molar-refractivity contribution < 1.29 is 5.11 Å². The number of anilines is 1. The summed E-state index contributed by atoms with van der Waals surface area (Å²) in [4.78, 5) is 4.29. The van der Waals surface area contributed by atoms with Crippen molar-refractivity contribution in [2.75, 3.05) is 11.9 Å². The van der Waals surface area contributed by atoms with Gasteiger partial charge in [-0.1, -0.05) is 11.6 Å². The predicted molar refractivity (Wildman–Crippen MR) is 66.9 cm³/mol. The van der Waals surface area contributed by atoms with E-state index in [0.29, 0.717) is 11.6 Å². The minimum absolute atomic E-state index is 0.394. The second kappa shape index (κ2) is 4.68. The maximum Gasteiger partial charge on any atom is 0.0948 e. The molecule has 0 aliphatic heterocycles. The minimum atomic E-state index is -0.394. The van der Waals surface area contributed by atoms with Crippen LogP contribution in [-0.4, -0.2) is 22.7 Å². The van der Waals surface area contributed by atoms with E-state index >= 15 is 0 Å². The number of pyridine rings is 1. The van der Waals surface area contributed by atoms with Gasteiger partial charge in [0.15, 0.2) is 0 Å². The Morgan fingerprint density at radius 2 is 2.25 bits per heavy atom. The lowest BCUT2D eigenvalue weighted by Gasteiger charge is -2.11. The van der Waals surface area contributed by atoms with Crippen LogP contribution in [0, 0.1) is 0 Å². The standard InChI is InChI=1S/C12H13ClN2O/c1-8(16)7-15-11-5-4-10(13)9-3-2-6-14-12(9)11/h2-6,8,15-16H,7H2,1H3/t8-/m1/s1. The van der Waals surface area contributed by atoms with E-state index in [1.54, 1.807) is 13.1 Å². The first-order chi connectivity index (χ1) is 7.68. The number of fused-ring (bicyclic) bond motifs is 1. The van der Waals surface area contributed by atoms with Gasteiger partial charge in [0.25, 0.3) is 0 Å². The van der Waals surface area contributed by atoms with Crippen LogP contribution in [0.5, 0.6) is 0 Å². The number of nitrogens with one attached hydrogen (secondary N) is 1. The molecule has 16 heavy (non-hydrogen) atoms. The molecular weight excluding hydrogens is 224 g/mol. The normalized spacial score (nSPS) is 12.7. The van der Waals surface area contributed by atoms with Gasteiger partial charge in [-0.3, -0.25) is 4.98 Å². The third-order valence-corrected chi connectivity index (χ3v) is 2.63. The van der Waals surface area contributed by atoms with Gasteiger partial charge in [-0.25, -0.2) is 0 Å². The van der Waals surface area contributed by atoms with Crippen molar-refractivity contribution in [1.29, 1.82) is 0 Å². The number of aliphatic hydroxyl groups excluding tert-OH is 1. The van der Waals surface area contributed by atoms with Gasteiger partial charge in [0.2, 0.25) is 0 Å². The summed E-state index contributed by atoms with van der Waals surface area (Å²) in [5, 5.41) is 14.0. The molecule has 0 bridgehead atoms. The fourth-order valence-electron chi connectivity index (χ4n) is 1.54. The number of hydrogen-bond acceptors (Lipinski definition) is 3. The molecule has 0 spiro atoms. The minimum Gasteiger partial charge on any atom is -0.392 e. The first-order valence-electron chi connectivity index (χ1n) is 5.13. The van der Waals surface area contributed by atoms with Crippen LogP contribution in [0.3, 0.4) is 0 Å². The molecule has 1 heterocycles. The highest BCUT2D eigenvalue weighted by molar-refractivity contribution is 6.35. The lowest BCUT2D eigenvalue weighted by atomic mass is 10.2. The highest BCUT2D eigenvalue weighted by atomic mass is 35.5. The summed E-state index contributed by atoms with van der Waals surface area (Å²) in [7, 11) is 0. The van der Waals surface area contributed by atoms with Gasteiger partial charge >= 0.3 is 0 Å². The molecule has 4 heteroatoms. The molecule has 0 aliphatic carbocycles. The van der Waals surface area contributed by atoms with E-state index in [2.05, 4.69) is 10.3 Å². The van der Waals surface area contributed by atoms with Crippen LogP contribution < -0.4 is 5.32 Å². The Kier molecular flexibility index (Phi) is 3.27. The predicted octanol–water partition coefficient (Wildman–Crippen LogP) is 2.68. The average Bonchev–Trinajstić information content (AvgIpc) is 2.28. The summed E-state index contributed by atoms with van der Waals surface area (Å²) in [5.74, 6) is 0. The van der Waals surface area contributed by atoms with Crippen molar-refractivity contribution in [3.8, 4) is 0 Å². The van der Waals surface area contributed by atoms with E-state index < -0.39 is 6.10 Å². The Balaban J connectivity index is 2.42. The van der Waals surface area contributed by atoms with Gasteiger partial charge in [-0.05, 0) is 31.2 Å². The Morgan fingerprint density at radius 3 is 3.00 bits per heavy atom. The van der Waals surface area contributed by atoms with E-state index in [1.165, 1.54) is 0 Å². The maximum absolute atomic E-state index is 9.23. The number of benzene rings is 1. The van der Waals surface area contributed by atoms with Crippen LogP contribution in [0.15, 0.2) is 30.5 Å². The molecule has 2 N–H and O–H groups in total. The fraction of sp³-hybridized carbons (Fsp3) is 0.250. The van der Waals surface area contributed by atoms with Crippen LogP contribution in [0.25, 0.3) is 10.9 Å². The van der Waals surface area contributed by atoms with Crippen molar-refractivity contribution in [2.45, 2.75) is 13.0 Å². The molecule has 0 unspecified atom stereocenters. The van der Waals surface area contributed by atoms with Crippen LogP contribution in [0.2, 0.25) is 5.02 Å². The van der Waals surface area contributed by atoms with E-state index in [0.717, 1.165) is 16.6 Å². The Bertz CT molecular complexity index is 499. The second-order valence-corrected chi connectivity index (χ2v) is 4.13. The van der Waals surface area contributed by atoms with Gasteiger partial charge in [0, 0.05) is 18.1 Å². The third-order valence-electron chi connectivity index (χ3n) is 2.30. The molecule has 3 nitrogen and oxygen atoms in total. The maximum atomic E-state index is 9.23. The number of rotatable bonds is 3. The van der Waals surface area contributed by atoms with Crippen molar-refractivity contribution >= 4 is 28.2 Å². The van der Waals surface area contributed by atoms with Gasteiger partial charge < -0.3 is 10.4 Å².